The first kappa shape index (κ1) is 23.0. The summed E-state index contributed by atoms with van der Waals surface area (Å²) >= 11 is 6.31. The van der Waals surface area contributed by atoms with E-state index in [0.717, 1.165) is 27.6 Å². The number of aromatic nitrogens is 1. The first-order chi connectivity index (χ1) is 16.0. The van der Waals surface area contributed by atoms with Crippen LogP contribution in [-0.2, 0) is 16.1 Å². The standard InChI is InChI=1S/C27H26ClFN2O2/c1-33-14-13-30-27(32)16-24(20-5-4-6-21(28)15-20)25-18-31(26-8-3-2-7-23(25)26)17-19-9-11-22(29)12-10-19/h2-12,15,18,24H,13-14,16-17H2,1H3,(H,30,32)/t24-/m0/s1. The number of hydrogen-bond acceptors (Lipinski definition) is 2. The van der Waals surface area contributed by atoms with Gasteiger partial charge in [0.15, 0.2) is 0 Å². The third kappa shape index (κ3) is 5.62. The monoisotopic (exact) mass is 464 g/mol. The maximum absolute atomic E-state index is 13.4. The summed E-state index contributed by atoms with van der Waals surface area (Å²) in [5.74, 6) is -0.477. The highest BCUT2D eigenvalue weighted by Gasteiger charge is 2.23. The van der Waals surface area contributed by atoms with Gasteiger partial charge in [-0.15, -0.1) is 0 Å². The molecule has 6 heteroatoms. The fraction of sp³-hybridized carbons (Fsp3) is 0.222. The molecule has 4 rings (SSSR count). The van der Waals surface area contributed by atoms with Gasteiger partial charge in [-0.05, 0) is 47.0 Å². The van der Waals surface area contributed by atoms with Gasteiger partial charge in [-0.2, -0.15) is 0 Å². The summed E-state index contributed by atoms with van der Waals surface area (Å²) in [4.78, 5) is 12.8. The van der Waals surface area contributed by atoms with Crippen molar-refractivity contribution in [1.29, 1.82) is 0 Å². The van der Waals surface area contributed by atoms with Crippen LogP contribution in [0.1, 0.15) is 29.0 Å². The van der Waals surface area contributed by atoms with Gasteiger partial charge in [0.05, 0.1) is 6.61 Å². The molecule has 1 N–H and O–H groups in total. The highest BCUT2D eigenvalue weighted by Crippen LogP contribution is 2.36. The molecule has 1 amide bonds. The zero-order valence-corrected chi connectivity index (χ0v) is 19.2. The van der Waals surface area contributed by atoms with E-state index in [-0.39, 0.29) is 24.1 Å². The number of hydrogen-bond donors (Lipinski definition) is 1. The summed E-state index contributed by atoms with van der Waals surface area (Å²) in [7, 11) is 1.61. The molecule has 0 fully saturated rings. The van der Waals surface area contributed by atoms with Crippen LogP contribution in [-0.4, -0.2) is 30.7 Å². The Kier molecular flexibility index (Phi) is 7.43. The lowest BCUT2D eigenvalue weighted by molar-refractivity contribution is -0.121. The van der Waals surface area contributed by atoms with E-state index in [9.17, 15) is 9.18 Å². The molecule has 0 saturated carbocycles. The number of ether oxygens (including phenoxy) is 1. The molecule has 0 aliphatic carbocycles. The number of para-hydroxylation sites is 1. The zero-order chi connectivity index (χ0) is 23.2. The predicted molar refractivity (Wildman–Crippen MR) is 130 cm³/mol. The van der Waals surface area contributed by atoms with E-state index in [0.29, 0.717) is 24.7 Å². The third-order valence-electron chi connectivity index (χ3n) is 5.73. The molecule has 33 heavy (non-hydrogen) atoms. The minimum atomic E-state index is -0.252. The summed E-state index contributed by atoms with van der Waals surface area (Å²) in [6, 6.07) is 22.3. The number of nitrogens with one attached hydrogen (secondary N) is 1. The van der Waals surface area contributed by atoms with Crippen LogP contribution in [0, 0.1) is 5.82 Å². The SMILES string of the molecule is COCCNC(=O)C[C@@H](c1cccc(Cl)c1)c1cn(Cc2ccc(F)cc2)c2ccccc12. The smallest absolute Gasteiger partial charge is 0.221 e. The van der Waals surface area contributed by atoms with Gasteiger partial charge >= 0.3 is 0 Å². The van der Waals surface area contributed by atoms with Crippen molar-refractivity contribution in [3.63, 3.8) is 0 Å². The van der Waals surface area contributed by atoms with Crippen LogP contribution in [0.3, 0.4) is 0 Å². The van der Waals surface area contributed by atoms with Crippen LogP contribution in [0.15, 0.2) is 79.0 Å². The average Bonchev–Trinajstić information content (AvgIpc) is 3.17. The van der Waals surface area contributed by atoms with E-state index in [1.165, 1.54) is 12.1 Å². The van der Waals surface area contributed by atoms with E-state index in [1.54, 1.807) is 19.2 Å². The normalized spacial score (nSPS) is 12.1. The second-order valence-electron chi connectivity index (χ2n) is 8.01. The highest BCUT2D eigenvalue weighted by molar-refractivity contribution is 6.30. The number of carbonyl (C=O) groups is 1. The molecular weight excluding hydrogens is 439 g/mol. The first-order valence-corrected chi connectivity index (χ1v) is 11.3. The van der Waals surface area contributed by atoms with Crippen molar-refractivity contribution in [2.24, 2.45) is 0 Å². The number of halogens is 2. The molecule has 3 aromatic carbocycles. The van der Waals surface area contributed by atoms with Crippen LogP contribution >= 0.6 is 11.6 Å². The summed E-state index contributed by atoms with van der Waals surface area (Å²) in [5.41, 5.74) is 4.09. The van der Waals surface area contributed by atoms with Crippen molar-refractivity contribution in [2.75, 3.05) is 20.3 Å². The van der Waals surface area contributed by atoms with Gasteiger partial charge in [0.2, 0.25) is 5.91 Å². The molecule has 4 nitrogen and oxygen atoms in total. The zero-order valence-electron chi connectivity index (χ0n) is 18.4. The Morgan fingerprint density at radius 3 is 2.64 bits per heavy atom. The molecule has 0 aliphatic rings. The molecule has 0 unspecified atom stereocenters. The van der Waals surface area contributed by atoms with Crippen molar-refractivity contribution in [3.05, 3.63) is 107 Å². The highest BCUT2D eigenvalue weighted by atomic mass is 35.5. The molecule has 0 bridgehead atoms. The molecule has 1 heterocycles. The molecule has 0 aliphatic heterocycles. The molecule has 0 spiro atoms. The van der Waals surface area contributed by atoms with Crippen LogP contribution in [0.5, 0.6) is 0 Å². The lowest BCUT2D eigenvalue weighted by Gasteiger charge is -2.17. The van der Waals surface area contributed by atoms with Gasteiger partial charge in [0.25, 0.3) is 0 Å². The Labute approximate surface area is 197 Å². The second kappa shape index (κ2) is 10.6. The summed E-state index contributed by atoms with van der Waals surface area (Å²) in [5, 5.41) is 4.64. The van der Waals surface area contributed by atoms with Crippen molar-refractivity contribution in [1.82, 2.24) is 9.88 Å². The maximum atomic E-state index is 13.4. The van der Waals surface area contributed by atoms with Crippen molar-refractivity contribution in [3.8, 4) is 0 Å². The number of carbonyl (C=O) groups excluding carboxylic acids is 1. The van der Waals surface area contributed by atoms with Gasteiger partial charge in [-0.3, -0.25) is 4.79 Å². The van der Waals surface area contributed by atoms with Gasteiger partial charge < -0.3 is 14.6 Å². The second-order valence-corrected chi connectivity index (χ2v) is 8.45. The Bertz CT molecular complexity index is 1240. The number of rotatable bonds is 9. The first-order valence-electron chi connectivity index (χ1n) is 10.9. The number of fused-ring (bicyclic) bond motifs is 1. The van der Waals surface area contributed by atoms with Gasteiger partial charge in [0, 0.05) is 54.7 Å². The Morgan fingerprint density at radius 2 is 1.88 bits per heavy atom. The van der Waals surface area contributed by atoms with Crippen LogP contribution in [0.25, 0.3) is 10.9 Å². The van der Waals surface area contributed by atoms with E-state index >= 15 is 0 Å². The predicted octanol–water partition coefficient (Wildman–Crippen LogP) is 5.77. The minimum absolute atomic E-state index is 0.0487. The fourth-order valence-electron chi connectivity index (χ4n) is 4.15. The average molecular weight is 465 g/mol. The molecule has 4 aromatic rings. The largest absolute Gasteiger partial charge is 0.383 e. The van der Waals surface area contributed by atoms with Gasteiger partial charge in [-0.1, -0.05) is 54.1 Å². The topological polar surface area (TPSA) is 43.3 Å². The number of nitrogens with zero attached hydrogens (tertiary/aromatic N) is 1. The number of amides is 1. The molecule has 0 saturated heterocycles. The van der Waals surface area contributed by atoms with Gasteiger partial charge in [-0.25, -0.2) is 4.39 Å². The Balaban J connectivity index is 1.74. The van der Waals surface area contributed by atoms with Crippen molar-refractivity contribution >= 4 is 28.4 Å². The molecule has 1 atom stereocenters. The Morgan fingerprint density at radius 1 is 1.09 bits per heavy atom. The van der Waals surface area contributed by atoms with E-state index in [4.69, 9.17) is 16.3 Å². The van der Waals surface area contributed by atoms with Gasteiger partial charge in [0.1, 0.15) is 5.82 Å². The summed E-state index contributed by atoms with van der Waals surface area (Å²) < 4.78 is 20.6. The van der Waals surface area contributed by atoms with Crippen LogP contribution in [0.2, 0.25) is 5.02 Å². The van der Waals surface area contributed by atoms with E-state index in [1.807, 2.05) is 36.4 Å². The van der Waals surface area contributed by atoms with Crippen LogP contribution < -0.4 is 5.32 Å². The Hall–Kier alpha value is -3.15. The number of methoxy groups -OCH3 is 1. The molecule has 1 aromatic heterocycles. The lowest BCUT2D eigenvalue weighted by Crippen LogP contribution is -2.28. The maximum Gasteiger partial charge on any atom is 0.221 e. The van der Waals surface area contributed by atoms with Crippen molar-refractivity contribution < 1.29 is 13.9 Å². The molecular formula is C27H26ClFN2O2. The fourth-order valence-corrected chi connectivity index (χ4v) is 4.35. The summed E-state index contributed by atoms with van der Waals surface area (Å²) in [6.45, 7) is 1.53. The van der Waals surface area contributed by atoms with Crippen molar-refractivity contribution in [2.45, 2.75) is 18.9 Å². The number of benzene rings is 3. The third-order valence-corrected chi connectivity index (χ3v) is 5.97. The molecule has 170 valence electrons. The minimum Gasteiger partial charge on any atom is -0.383 e. The van der Waals surface area contributed by atoms with E-state index < -0.39 is 0 Å². The quantitative estimate of drug-likeness (QED) is 0.320. The van der Waals surface area contributed by atoms with E-state index in [2.05, 4.69) is 28.2 Å². The van der Waals surface area contributed by atoms with Crippen LogP contribution in [0.4, 0.5) is 4.39 Å². The summed E-state index contributed by atoms with van der Waals surface area (Å²) in [6.07, 6.45) is 2.39. The lowest BCUT2D eigenvalue weighted by atomic mass is 9.88. The molecule has 0 radical (unpaired) electrons.